The second-order valence-corrected chi connectivity index (χ2v) is 8.52. The largest absolute Gasteiger partial charge is 0.466 e. The molecule has 1 heterocycles. The summed E-state index contributed by atoms with van der Waals surface area (Å²) in [5.41, 5.74) is -0.275. The van der Waals surface area contributed by atoms with Gasteiger partial charge in [-0.15, -0.1) is 11.8 Å². The zero-order valence-corrected chi connectivity index (χ0v) is 14.5. The minimum Gasteiger partial charge on any atom is -0.466 e. The minimum atomic E-state index is -0.322. The molecule has 0 aromatic rings. The number of ether oxygens (including phenoxy) is 1. The Morgan fingerprint density at radius 2 is 1.80 bits per heavy atom. The summed E-state index contributed by atoms with van der Waals surface area (Å²) in [7, 11) is 0. The van der Waals surface area contributed by atoms with E-state index in [2.05, 4.69) is 20.8 Å². The van der Waals surface area contributed by atoms with Crippen molar-refractivity contribution in [1.82, 2.24) is 4.90 Å². The lowest BCUT2D eigenvalue weighted by Crippen LogP contribution is -2.51. The summed E-state index contributed by atoms with van der Waals surface area (Å²) >= 11 is 1.59. The lowest BCUT2D eigenvalue weighted by atomic mass is 9.92. The Morgan fingerprint density at radius 3 is 2.15 bits per heavy atom. The standard InChI is InChI=1S/C15H27NO3S/c1-8-19-11(17)9-10-12(18)16(15(5,6)7)13(20-10)14(2,3)4/h10,13H,8-9H2,1-7H3. The topological polar surface area (TPSA) is 46.6 Å². The van der Waals surface area contributed by atoms with Crippen LogP contribution >= 0.6 is 11.8 Å². The van der Waals surface area contributed by atoms with Crippen LogP contribution in [0.1, 0.15) is 54.9 Å². The van der Waals surface area contributed by atoms with E-state index in [1.165, 1.54) is 0 Å². The number of amides is 1. The van der Waals surface area contributed by atoms with Crippen molar-refractivity contribution in [3.05, 3.63) is 0 Å². The van der Waals surface area contributed by atoms with Crippen LogP contribution in [0.3, 0.4) is 0 Å². The molecule has 2 atom stereocenters. The first-order valence-electron chi connectivity index (χ1n) is 7.12. The van der Waals surface area contributed by atoms with Crippen LogP contribution in [0.15, 0.2) is 0 Å². The predicted octanol–water partition coefficient (Wildman–Crippen LogP) is 3.05. The van der Waals surface area contributed by atoms with E-state index in [4.69, 9.17) is 4.74 Å². The molecule has 1 fully saturated rings. The lowest BCUT2D eigenvalue weighted by molar-refractivity contribution is -0.146. The van der Waals surface area contributed by atoms with Gasteiger partial charge in [-0.3, -0.25) is 9.59 Å². The molecule has 0 aromatic carbocycles. The number of carbonyl (C=O) groups excluding carboxylic acids is 2. The highest BCUT2D eigenvalue weighted by atomic mass is 32.2. The first-order valence-corrected chi connectivity index (χ1v) is 8.07. The van der Waals surface area contributed by atoms with Crippen molar-refractivity contribution >= 4 is 23.6 Å². The van der Waals surface area contributed by atoms with Crippen molar-refractivity contribution in [2.75, 3.05) is 6.61 Å². The quantitative estimate of drug-likeness (QED) is 0.752. The van der Waals surface area contributed by atoms with Crippen LogP contribution in [0.5, 0.6) is 0 Å². The number of hydrogen-bond donors (Lipinski definition) is 0. The maximum Gasteiger partial charge on any atom is 0.307 e. The van der Waals surface area contributed by atoms with Crippen molar-refractivity contribution in [2.24, 2.45) is 5.41 Å². The summed E-state index contributed by atoms with van der Waals surface area (Å²) in [6.07, 6.45) is 0.163. The van der Waals surface area contributed by atoms with Gasteiger partial charge in [-0.2, -0.15) is 0 Å². The normalized spacial score (nSPS) is 24.1. The molecule has 0 saturated carbocycles. The molecule has 0 spiro atoms. The lowest BCUT2D eigenvalue weighted by Gasteiger charge is -2.42. The van der Waals surface area contributed by atoms with Gasteiger partial charge in [-0.25, -0.2) is 0 Å². The van der Waals surface area contributed by atoms with Crippen LogP contribution in [0.2, 0.25) is 0 Å². The zero-order valence-electron chi connectivity index (χ0n) is 13.6. The van der Waals surface area contributed by atoms with Gasteiger partial charge in [0.2, 0.25) is 5.91 Å². The second-order valence-electron chi connectivity index (χ2n) is 7.23. The van der Waals surface area contributed by atoms with E-state index in [9.17, 15) is 9.59 Å². The van der Waals surface area contributed by atoms with Crippen LogP contribution in [0.4, 0.5) is 0 Å². The zero-order chi connectivity index (χ0) is 15.7. The van der Waals surface area contributed by atoms with E-state index in [1.807, 2.05) is 25.7 Å². The third-order valence-electron chi connectivity index (χ3n) is 3.16. The highest BCUT2D eigenvalue weighted by Gasteiger charge is 2.50. The number of nitrogens with zero attached hydrogens (tertiary/aromatic N) is 1. The molecule has 1 saturated heterocycles. The SMILES string of the molecule is CCOC(=O)CC1SC(C(C)(C)C)N(C(C)(C)C)C1=O. The van der Waals surface area contributed by atoms with Crippen molar-refractivity contribution in [1.29, 1.82) is 0 Å². The molecular weight excluding hydrogens is 274 g/mol. The fraction of sp³-hybridized carbons (Fsp3) is 0.867. The molecule has 4 nitrogen and oxygen atoms in total. The summed E-state index contributed by atoms with van der Waals surface area (Å²) in [4.78, 5) is 26.2. The van der Waals surface area contributed by atoms with E-state index in [-0.39, 0.29) is 39.9 Å². The number of rotatable bonds is 3. The van der Waals surface area contributed by atoms with Gasteiger partial charge in [-0.1, -0.05) is 20.8 Å². The summed E-state index contributed by atoms with van der Waals surface area (Å²) in [6.45, 7) is 14.6. The first-order chi connectivity index (χ1) is 8.98. The fourth-order valence-corrected chi connectivity index (χ4v) is 4.05. The Balaban J connectivity index is 2.94. The first kappa shape index (κ1) is 17.3. The average Bonchev–Trinajstić information content (AvgIpc) is 2.55. The van der Waals surface area contributed by atoms with Gasteiger partial charge in [0.1, 0.15) is 0 Å². The molecule has 20 heavy (non-hydrogen) atoms. The molecule has 0 bridgehead atoms. The molecule has 1 aliphatic rings. The highest BCUT2D eigenvalue weighted by molar-refractivity contribution is 8.01. The summed E-state index contributed by atoms with van der Waals surface area (Å²) in [5, 5.41) is -0.244. The minimum absolute atomic E-state index is 0.0307. The molecule has 5 heteroatoms. The monoisotopic (exact) mass is 301 g/mol. The van der Waals surface area contributed by atoms with Gasteiger partial charge in [0.25, 0.3) is 0 Å². The highest BCUT2D eigenvalue weighted by Crippen LogP contribution is 2.46. The third-order valence-corrected chi connectivity index (χ3v) is 5.03. The Hall–Kier alpha value is -0.710. The fourth-order valence-electron chi connectivity index (χ4n) is 2.33. The van der Waals surface area contributed by atoms with Crippen molar-refractivity contribution < 1.29 is 14.3 Å². The Bertz CT molecular complexity index is 382. The van der Waals surface area contributed by atoms with E-state index < -0.39 is 0 Å². The summed E-state index contributed by atoms with van der Waals surface area (Å²) < 4.78 is 4.97. The van der Waals surface area contributed by atoms with Crippen molar-refractivity contribution in [2.45, 2.75) is 71.0 Å². The number of carbonyl (C=O) groups is 2. The Morgan fingerprint density at radius 1 is 1.25 bits per heavy atom. The van der Waals surface area contributed by atoms with Crippen LogP contribution in [0.25, 0.3) is 0 Å². The smallest absolute Gasteiger partial charge is 0.307 e. The average molecular weight is 301 g/mol. The van der Waals surface area contributed by atoms with Crippen LogP contribution in [-0.2, 0) is 14.3 Å². The Labute approximate surface area is 126 Å². The maximum absolute atomic E-state index is 12.6. The summed E-state index contributed by atoms with van der Waals surface area (Å²) in [5.74, 6) is -0.239. The molecular formula is C15H27NO3S. The van der Waals surface area contributed by atoms with E-state index in [1.54, 1.807) is 18.7 Å². The van der Waals surface area contributed by atoms with E-state index in [0.717, 1.165) is 0 Å². The van der Waals surface area contributed by atoms with E-state index >= 15 is 0 Å². The number of hydrogen-bond acceptors (Lipinski definition) is 4. The van der Waals surface area contributed by atoms with Crippen LogP contribution < -0.4 is 0 Å². The molecule has 1 amide bonds. The third kappa shape index (κ3) is 3.90. The van der Waals surface area contributed by atoms with Gasteiger partial charge in [0.05, 0.1) is 23.7 Å². The summed E-state index contributed by atoms with van der Waals surface area (Å²) in [6, 6.07) is 0. The van der Waals surface area contributed by atoms with Gasteiger partial charge in [-0.05, 0) is 33.1 Å². The van der Waals surface area contributed by atoms with Gasteiger partial charge >= 0.3 is 5.97 Å². The van der Waals surface area contributed by atoms with Crippen LogP contribution in [0, 0.1) is 5.41 Å². The number of esters is 1. The molecule has 0 radical (unpaired) electrons. The second kappa shape index (κ2) is 5.96. The molecule has 1 rings (SSSR count). The van der Waals surface area contributed by atoms with Crippen molar-refractivity contribution in [3.8, 4) is 0 Å². The molecule has 2 unspecified atom stereocenters. The van der Waals surface area contributed by atoms with Gasteiger partial charge < -0.3 is 9.64 Å². The number of thioether (sulfide) groups is 1. The predicted molar refractivity (Wildman–Crippen MR) is 82.5 cm³/mol. The maximum atomic E-state index is 12.6. The van der Waals surface area contributed by atoms with E-state index in [0.29, 0.717) is 6.61 Å². The molecule has 0 N–H and O–H groups in total. The molecule has 0 aliphatic carbocycles. The molecule has 1 aliphatic heterocycles. The van der Waals surface area contributed by atoms with Crippen LogP contribution in [-0.4, -0.2) is 39.5 Å². The molecule has 116 valence electrons. The van der Waals surface area contributed by atoms with Crippen molar-refractivity contribution in [3.63, 3.8) is 0 Å². The molecule has 0 aromatic heterocycles. The Kier molecular flexibility index (Phi) is 5.17. The van der Waals surface area contributed by atoms with Gasteiger partial charge in [0, 0.05) is 5.54 Å². The van der Waals surface area contributed by atoms with Gasteiger partial charge in [0.15, 0.2) is 0 Å².